The van der Waals surface area contributed by atoms with Crippen LogP contribution in [-0.2, 0) is 6.42 Å². The van der Waals surface area contributed by atoms with Gasteiger partial charge in [-0.15, -0.1) is 0 Å². The van der Waals surface area contributed by atoms with Gasteiger partial charge in [0, 0.05) is 6.04 Å². The maximum absolute atomic E-state index is 6.39. The zero-order valence-electron chi connectivity index (χ0n) is 13.1. The van der Waals surface area contributed by atoms with E-state index < -0.39 is 8.32 Å². The van der Waals surface area contributed by atoms with Crippen LogP contribution >= 0.6 is 0 Å². The Balaban J connectivity index is 2.24. The van der Waals surface area contributed by atoms with Crippen molar-refractivity contribution in [3.8, 4) is 5.75 Å². The zero-order chi connectivity index (χ0) is 14.3. The van der Waals surface area contributed by atoms with Crippen LogP contribution in [-0.4, -0.2) is 14.9 Å². The molecule has 3 heteroatoms. The summed E-state index contributed by atoms with van der Waals surface area (Å²) >= 11 is 0. The van der Waals surface area contributed by atoms with Crippen LogP contribution < -0.4 is 9.74 Å². The molecule has 2 nitrogen and oxygen atoms in total. The standard InChI is InChI=1S/C16H27NOSi/c1-12-15-8-7-14(11-13(15)9-10-17-12)18-19(5,6)16(2,3)4/h7-8,11-12,17H,9-10H2,1-6H3. The van der Waals surface area contributed by atoms with E-state index in [1.54, 1.807) is 0 Å². The maximum Gasteiger partial charge on any atom is 0.250 e. The topological polar surface area (TPSA) is 21.3 Å². The van der Waals surface area contributed by atoms with Crippen LogP contribution in [0, 0.1) is 0 Å². The van der Waals surface area contributed by atoms with Crippen LogP contribution in [0.2, 0.25) is 18.1 Å². The van der Waals surface area contributed by atoms with Gasteiger partial charge in [-0.25, -0.2) is 0 Å². The highest BCUT2D eigenvalue weighted by atomic mass is 28.4. The van der Waals surface area contributed by atoms with Gasteiger partial charge < -0.3 is 9.74 Å². The summed E-state index contributed by atoms with van der Waals surface area (Å²) in [6, 6.07) is 7.09. The Labute approximate surface area is 118 Å². The molecule has 2 rings (SSSR count). The molecule has 0 bridgehead atoms. The Morgan fingerprint density at radius 3 is 2.58 bits per heavy atom. The lowest BCUT2D eigenvalue weighted by atomic mass is 9.95. The third-order valence-electron chi connectivity index (χ3n) is 4.60. The highest BCUT2D eigenvalue weighted by Crippen LogP contribution is 2.38. The number of hydrogen-bond acceptors (Lipinski definition) is 2. The van der Waals surface area contributed by atoms with Crippen LogP contribution in [0.25, 0.3) is 0 Å². The Morgan fingerprint density at radius 2 is 1.95 bits per heavy atom. The van der Waals surface area contributed by atoms with Crippen molar-refractivity contribution in [2.45, 2.75) is 58.3 Å². The summed E-state index contributed by atoms with van der Waals surface area (Å²) in [5, 5.41) is 3.75. The van der Waals surface area contributed by atoms with E-state index in [0.29, 0.717) is 6.04 Å². The van der Waals surface area contributed by atoms with Crippen molar-refractivity contribution in [3.05, 3.63) is 29.3 Å². The number of rotatable bonds is 2. The molecule has 1 atom stereocenters. The van der Waals surface area contributed by atoms with Crippen LogP contribution in [0.5, 0.6) is 5.75 Å². The molecular formula is C16H27NOSi. The molecule has 106 valence electrons. The first kappa shape index (κ1) is 14.6. The van der Waals surface area contributed by atoms with E-state index in [0.717, 1.165) is 18.7 Å². The highest BCUT2D eigenvalue weighted by molar-refractivity contribution is 6.74. The summed E-state index contributed by atoms with van der Waals surface area (Å²) in [6.45, 7) is 14.7. The molecular weight excluding hydrogens is 250 g/mol. The minimum absolute atomic E-state index is 0.248. The third kappa shape index (κ3) is 3.03. The monoisotopic (exact) mass is 277 g/mol. The average molecular weight is 277 g/mol. The Bertz CT molecular complexity index is 462. The fraction of sp³-hybridized carbons (Fsp3) is 0.625. The molecule has 0 spiro atoms. The Kier molecular flexibility index (Phi) is 3.80. The lowest BCUT2D eigenvalue weighted by Gasteiger charge is -2.37. The molecule has 1 aromatic carbocycles. The minimum Gasteiger partial charge on any atom is -0.543 e. The lowest BCUT2D eigenvalue weighted by Crippen LogP contribution is -2.43. The van der Waals surface area contributed by atoms with E-state index in [4.69, 9.17) is 4.43 Å². The molecule has 0 amide bonds. The summed E-state index contributed by atoms with van der Waals surface area (Å²) in [4.78, 5) is 0. The largest absolute Gasteiger partial charge is 0.543 e. The molecule has 0 fully saturated rings. The van der Waals surface area contributed by atoms with Gasteiger partial charge in [-0.2, -0.15) is 0 Å². The van der Waals surface area contributed by atoms with Crippen molar-refractivity contribution in [1.29, 1.82) is 0 Å². The van der Waals surface area contributed by atoms with Crippen molar-refractivity contribution >= 4 is 8.32 Å². The first-order valence-electron chi connectivity index (χ1n) is 7.26. The van der Waals surface area contributed by atoms with Gasteiger partial charge in [-0.3, -0.25) is 0 Å². The van der Waals surface area contributed by atoms with Crippen LogP contribution in [0.1, 0.15) is 44.9 Å². The molecule has 0 saturated heterocycles. The normalized spacial score (nSPS) is 20.0. The van der Waals surface area contributed by atoms with Crippen molar-refractivity contribution in [3.63, 3.8) is 0 Å². The summed E-state index contributed by atoms with van der Waals surface area (Å²) in [5.74, 6) is 1.06. The summed E-state index contributed by atoms with van der Waals surface area (Å²) in [5.41, 5.74) is 2.87. The second-order valence-electron chi connectivity index (χ2n) is 7.15. The van der Waals surface area contributed by atoms with Gasteiger partial charge >= 0.3 is 0 Å². The van der Waals surface area contributed by atoms with E-state index in [9.17, 15) is 0 Å². The summed E-state index contributed by atoms with van der Waals surface area (Å²) in [7, 11) is -1.72. The van der Waals surface area contributed by atoms with Crippen molar-refractivity contribution in [2.75, 3.05) is 6.54 Å². The van der Waals surface area contributed by atoms with E-state index in [1.807, 2.05) is 0 Å². The van der Waals surface area contributed by atoms with Gasteiger partial charge in [0.2, 0.25) is 8.32 Å². The van der Waals surface area contributed by atoms with E-state index >= 15 is 0 Å². The lowest BCUT2D eigenvalue weighted by molar-refractivity contribution is 0.487. The fourth-order valence-corrected chi connectivity index (χ4v) is 3.29. The summed E-state index contributed by atoms with van der Waals surface area (Å²) < 4.78 is 6.39. The Hall–Kier alpha value is -0.803. The second kappa shape index (κ2) is 4.95. The van der Waals surface area contributed by atoms with Gasteiger partial charge in [0.1, 0.15) is 5.75 Å². The molecule has 1 heterocycles. The minimum atomic E-state index is -1.72. The van der Waals surface area contributed by atoms with Gasteiger partial charge in [-0.05, 0) is 61.3 Å². The molecule has 1 unspecified atom stereocenters. The Morgan fingerprint density at radius 1 is 1.26 bits per heavy atom. The average Bonchev–Trinajstić information content (AvgIpc) is 2.27. The predicted molar refractivity (Wildman–Crippen MR) is 84.4 cm³/mol. The maximum atomic E-state index is 6.39. The van der Waals surface area contributed by atoms with Crippen LogP contribution in [0.15, 0.2) is 18.2 Å². The van der Waals surface area contributed by atoms with Gasteiger partial charge in [0.15, 0.2) is 0 Å². The summed E-state index contributed by atoms with van der Waals surface area (Å²) in [6.07, 6.45) is 1.11. The smallest absolute Gasteiger partial charge is 0.250 e. The predicted octanol–water partition coefficient (Wildman–Crippen LogP) is 4.28. The molecule has 0 radical (unpaired) electrons. The molecule has 19 heavy (non-hydrogen) atoms. The van der Waals surface area contributed by atoms with Crippen molar-refractivity contribution < 1.29 is 4.43 Å². The van der Waals surface area contributed by atoms with Crippen molar-refractivity contribution in [1.82, 2.24) is 5.32 Å². The molecule has 1 aliphatic heterocycles. The zero-order valence-corrected chi connectivity index (χ0v) is 14.1. The molecule has 0 aliphatic carbocycles. The van der Waals surface area contributed by atoms with Gasteiger partial charge in [0.05, 0.1) is 0 Å². The van der Waals surface area contributed by atoms with Crippen molar-refractivity contribution in [2.24, 2.45) is 0 Å². The van der Waals surface area contributed by atoms with Gasteiger partial charge in [0.25, 0.3) is 0 Å². The molecule has 0 saturated carbocycles. The molecule has 1 aromatic rings. The quantitative estimate of drug-likeness (QED) is 0.815. The first-order chi connectivity index (χ1) is 8.71. The van der Waals surface area contributed by atoms with Crippen LogP contribution in [0.4, 0.5) is 0 Å². The van der Waals surface area contributed by atoms with Gasteiger partial charge in [-0.1, -0.05) is 26.8 Å². The van der Waals surface area contributed by atoms with E-state index in [2.05, 4.69) is 64.3 Å². The number of fused-ring (bicyclic) bond motifs is 1. The van der Waals surface area contributed by atoms with Crippen LogP contribution in [0.3, 0.4) is 0 Å². The first-order valence-corrected chi connectivity index (χ1v) is 10.2. The highest BCUT2D eigenvalue weighted by Gasteiger charge is 2.39. The molecule has 0 aromatic heterocycles. The van der Waals surface area contributed by atoms with E-state index in [1.165, 1.54) is 11.1 Å². The SMILES string of the molecule is CC1NCCc2cc(O[Si](C)(C)C(C)(C)C)ccc21. The number of hydrogen-bond donors (Lipinski definition) is 1. The molecule has 1 aliphatic rings. The molecule has 1 N–H and O–H groups in total. The number of nitrogens with one attached hydrogen (secondary N) is 1. The third-order valence-corrected chi connectivity index (χ3v) is 8.96. The number of benzene rings is 1. The second-order valence-corrected chi connectivity index (χ2v) is 11.9. The van der Waals surface area contributed by atoms with E-state index in [-0.39, 0.29) is 5.04 Å². The fourth-order valence-electron chi connectivity index (χ4n) is 2.27.